The molecule has 7 heteroatoms. The number of allylic oxidation sites excluding steroid dienone is 6. The van der Waals surface area contributed by atoms with E-state index in [1.165, 1.54) is 22.3 Å². The van der Waals surface area contributed by atoms with Crippen molar-refractivity contribution in [2.45, 2.75) is 40.3 Å². The van der Waals surface area contributed by atoms with E-state index in [0.717, 1.165) is 30.2 Å². The van der Waals surface area contributed by atoms with Crippen LogP contribution in [0.4, 0.5) is 5.00 Å². The number of hydrogen-bond acceptors (Lipinski definition) is 5. The van der Waals surface area contributed by atoms with Gasteiger partial charge in [0.1, 0.15) is 11.3 Å². The number of nitrogens with one attached hydrogen (secondary N) is 1. The summed E-state index contributed by atoms with van der Waals surface area (Å²) in [5.41, 5.74) is 3.56. The predicted octanol–water partition coefficient (Wildman–Crippen LogP) is 4.63. The lowest BCUT2D eigenvalue weighted by atomic mass is 10.0. The van der Waals surface area contributed by atoms with Crippen LogP contribution in [-0.4, -0.2) is 55.4 Å². The van der Waals surface area contributed by atoms with Gasteiger partial charge in [0.05, 0.1) is 6.54 Å². The monoisotopic (exact) mass is 453 g/mol. The number of likely N-dealkylation sites (N-methyl/N-ethyl adjacent to an activating group) is 1. The number of hydrogen-bond donors (Lipinski definition) is 1. The largest absolute Gasteiger partial charge is 0.384 e. The highest BCUT2D eigenvalue weighted by atomic mass is 32.1. The van der Waals surface area contributed by atoms with Gasteiger partial charge in [-0.3, -0.25) is 9.79 Å². The molecule has 1 aliphatic rings. The van der Waals surface area contributed by atoms with Crippen molar-refractivity contribution in [2.75, 3.05) is 26.7 Å². The van der Waals surface area contributed by atoms with Gasteiger partial charge < -0.3 is 15.1 Å². The van der Waals surface area contributed by atoms with E-state index < -0.39 is 0 Å². The Labute approximate surface area is 196 Å². The molecule has 1 aliphatic heterocycles. The Bertz CT molecular complexity index is 923. The quantitative estimate of drug-likeness (QED) is 0.230. The van der Waals surface area contributed by atoms with Crippen molar-refractivity contribution >= 4 is 35.3 Å². The van der Waals surface area contributed by atoms with Crippen LogP contribution in [0.2, 0.25) is 0 Å². The molecule has 0 aliphatic carbocycles. The fourth-order valence-electron chi connectivity index (χ4n) is 3.25. The second-order valence-electron chi connectivity index (χ2n) is 7.60. The number of carbonyl (C=O) groups is 1. The standard InChI is InChI=1S/C25H35N5OS/c1-6-8-9-10-12-20(3)27-17-22-21-14-16-30(24(31)13-11-15-29(5)7-2)18-23(21)32-25(22)28-19-26-4/h6,8-13,19,27H,4,7,14-18H2,1-3,5H3/b8-6-,10-9-,13-11+,20-12+,28-19-. The van der Waals surface area contributed by atoms with Crippen molar-refractivity contribution in [3.8, 4) is 0 Å². The second-order valence-corrected chi connectivity index (χ2v) is 8.68. The summed E-state index contributed by atoms with van der Waals surface area (Å²) in [6, 6.07) is 0. The van der Waals surface area contributed by atoms with Crippen molar-refractivity contribution in [3.63, 3.8) is 0 Å². The summed E-state index contributed by atoms with van der Waals surface area (Å²) in [6.07, 6.45) is 16.0. The van der Waals surface area contributed by atoms with Gasteiger partial charge in [0.2, 0.25) is 5.91 Å². The van der Waals surface area contributed by atoms with E-state index in [-0.39, 0.29) is 5.91 Å². The molecule has 1 aromatic heterocycles. The van der Waals surface area contributed by atoms with Gasteiger partial charge in [-0.25, -0.2) is 4.99 Å². The lowest BCUT2D eigenvalue weighted by Crippen LogP contribution is -2.34. The van der Waals surface area contributed by atoms with Gasteiger partial charge in [0.15, 0.2) is 0 Å². The number of fused-ring (bicyclic) bond motifs is 1. The molecule has 0 unspecified atom stereocenters. The number of amides is 1. The zero-order chi connectivity index (χ0) is 23.3. The van der Waals surface area contributed by atoms with Crippen LogP contribution in [0, 0.1) is 0 Å². The smallest absolute Gasteiger partial charge is 0.246 e. The zero-order valence-corrected chi connectivity index (χ0v) is 20.5. The van der Waals surface area contributed by atoms with Crippen molar-refractivity contribution < 1.29 is 4.79 Å². The van der Waals surface area contributed by atoms with E-state index in [1.54, 1.807) is 17.4 Å². The molecule has 32 heavy (non-hydrogen) atoms. The van der Waals surface area contributed by atoms with Gasteiger partial charge in [-0.15, -0.1) is 11.3 Å². The highest BCUT2D eigenvalue weighted by molar-refractivity contribution is 7.16. The third-order valence-corrected chi connectivity index (χ3v) is 6.40. The molecule has 6 nitrogen and oxygen atoms in total. The Hall–Kier alpha value is -2.77. The molecule has 1 amide bonds. The summed E-state index contributed by atoms with van der Waals surface area (Å²) >= 11 is 1.64. The van der Waals surface area contributed by atoms with Crippen LogP contribution < -0.4 is 5.32 Å². The zero-order valence-electron chi connectivity index (χ0n) is 19.7. The van der Waals surface area contributed by atoms with Crippen LogP contribution >= 0.6 is 11.3 Å². The maximum absolute atomic E-state index is 12.6. The maximum Gasteiger partial charge on any atom is 0.246 e. The molecule has 0 fully saturated rings. The minimum atomic E-state index is 0.0673. The minimum Gasteiger partial charge on any atom is -0.384 e. The normalized spacial score (nSPS) is 15.0. The van der Waals surface area contributed by atoms with Gasteiger partial charge in [0, 0.05) is 41.8 Å². The molecule has 0 saturated heterocycles. The molecule has 2 rings (SSSR count). The van der Waals surface area contributed by atoms with E-state index in [9.17, 15) is 4.79 Å². The first kappa shape index (κ1) is 25.5. The van der Waals surface area contributed by atoms with Crippen molar-refractivity contribution in [1.82, 2.24) is 15.1 Å². The molecule has 0 atom stereocenters. The lowest BCUT2D eigenvalue weighted by Gasteiger charge is -2.26. The van der Waals surface area contributed by atoms with Crippen LogP contribution in [-0.2, 0) is 24.3 Å². The van der Waals surface area contributed by atoms with Gasteiger partial charge in [0.25, 0.3) is 0 Å². The number of nitrogens with zero attached hydrogens (tertiary/aromatic N) is 4. The molecule has 1 aromatic rings. The topological polar surface area (TPSA) is 60.3 Å². The van der Waals surface area contributed by atoms with Crippen molar-refractivity contribution in [2.24, 2.45) is 9.98 Å². The fourth-order valence-corrected chi connectivity index (χ4v) is 4.47. The predicted molar refractivity (Wildman–Crippen MR) is 138 cm³/mol. The number of carbonyl (C=O) groups excluding carboxylic acids is 1. The molecular weight excluding hydrogens is 418 g/mol. The molecule has 172 valence electrons. The van der Waals surface area contributed by atoms with Gasteiger partial charge in [-0.2, -0.15) is 0 Å². The number of rotatable bonds is 11. The van der Waals surface area contributed by atoms with Crippen LogP contribution in [0.15, 0.2) is 58.2 Å². The second kappa shape index (κ2) is 13.6. The van der Waals surface area contributed by atoms with Gasteiger partial charge >= 0.3 is 0 Å². The summed E-state index contributed by atoms with van der Waals surface area (Å²) in [6.45, 7) is 13.4. The Morgan fingerprint density at radius 3 is 2.88 bits per heavy atom. The maximum atomic E-state index is 12.6. The highest BCUT2D eigenvalue weighted by Crippen LogP contribution is 2.39. The molecule has 0 aromatic carbocycles. The first-order valence-electron chi connectivity index (χ1n) is 11.0. The molecule has 0 spiro atoms. The average Bonchev–Trinajstić information content (AvgIpc) is 3.15. The third-order valence-electron chi connectivity index (χ3n) is 5.24. The van der Waals surface area contributed by atoms with Gasteiger partial charge in [-0.1, -0.05) is 37.3 Å². The summed E-state index contributed by atoms with van der Waals surface area (Å²) < 4.78 is 0. The van der Waals surface area contributed by atoms with E-state index in [1.807, 2.05) is 49.3 Å². The number of aliphatic imine (C=N–C) groups is 2. The van der Waals surface area contributed by atoms with Crippen LogP contribution in [0.5, 0.6) is 0 Å². The third kappa shape index (κ3) is 7.73. The molecular formula is C25H35N5OS. The van der Waals surface area contributed by atoms with E-state index in [0.29, 0.717) is 19.6 Å². The molecule has 1 N–H and O–H groups in total. The van der Waals surface area contributed by atoms with Crippen LogP contribution in [0.1, 0.15) is 36.8 Å². The average molecular weight is 454 g/mol. The van der Waals surface area contributed by atoms with Crippen molar-refractivity contribution in [3.05, 3.63) is 64.2 Å². The lowest BCUT2D eigenvalue weighted by molar-refractivity contribution is -0.126. The Balaban J connectivity index is 2.13. The Morgan fingerprint density at radius 1 is 1.34 bits per heavy atom. The van der Waals surface area contributed by atoms with E-state index in [2.05, 4.69) is 46.8 Å². The number of thiophene rings is 1. The van der Waals surface area contributed by atoms with E-state index >= 15 is 0 Å². The molecule has 0 saturated carbocycles. The molecule has 0 radical (unpaired) electrons. The van der Waals surface area contributed by atoms with Crippen molar-refractivity contribution in [1.29, 1.82) is 0 Å². The van der Waals surface area contributed by atoms with Gasteiger partial charge in [-0.05, 0) is 52.2 Å². The summed E-state index contributed by atoms with van der Waals surface area (Å²) in [5.74, 6) is 0.0673. The molecule has 0 bridgehead atoms. The Kier molecular flexibility index (Phi) is 10.8. The van der Waals surface area contributed by atoms with E-state index in [4.69, 9.17) is 0 Å². The highest BCUT2D eigenvalue weighted by Gasteiger charge is 2.25. The SMILES string of the molecule is C=N/C=N\c1sc2c(c1CN/C(C)=C/C=C\C=C/C)CCN(C(=O)/C=C/CN(C)CC)C2. The summed E-state index contributed by atoms with van der Waals surface area (Å²) in [4.78, 5) is 26.2. The first-order chi connectivity index (χ1) is 15.5. The van der Waals surface area contributed by atoms with Crippen LogP contribution in [0.3, 0.4) is 0 Å². The molecule has 2 heterocycles. The minimum absolute atomic E-state index is 0.0673. The Morgan fingerprint density at radius 2 is 2.16 bits per heavy atom. The first-order valence-corrected chi connectivity index (χ1v) is 11.8. The summed E-state index contributed by atoms with van der Waals surface area (Å²) in [7, 11) is 2.04. The summed E-state index contributed by atoms with van der Waals surface area (Å²) in [5, 5.41) is 4.41. The fraction of sp³-hybridized carbons (Fsp3) is 0.400. The van der Waals surface area contributed by atoms with Crippen LogP contribution in [0.25, 0.3) is 0 Å².